The Kier molecular flexibility index (Phi) is 30.2. The number of hydrogen-bond donors (Lipinski definition) is 0. The molecule has 1 fully saturated rings. The molecule has 1 aliphatic rings. The van der Waals surface area contributed by atoms with Crippen molar-refractivity contribution in [1.29, 1.82) is 0 Å². The van der Waals surface area contributed by atoms with Gasteiger partial charge in [0.2, 0.25) is 17.2 Å². The van der Waals surface area contributed by atoms with E-state index in [9.17, 15) is 54.8 Å². The molecule has 1 atom stereocenters. The van der Waals surface area contributed by atoms with Crippen LogP contribution in [0.1, 0.15) is 72.6 Å². The number of carbonyl (C=O) groups excluding carboxylic acids is 3. The predicted octanol–water partition coefficient (Wildman–Crippen LogP) is 12.6. The number of methoxy groups -OCH3 is 13. The van der Waals surface area contributed by atoms with Crippen LogP contribution in [0, 0.1) is 40.5 Å². The van der Waals surface area contributed by atoms with Gasteiger partial charge in [0, 0.05) is 85.2 Å². The molecule has 0 aromatic heterocycles. The number of carbonyl (C=O) groups is 3. The fourth-order valence-electron chi connectivity index (χ4n) is 9.78. The summed E-state index contributed by atoms with van der Waals surface area (Å²) in [6, 6.07) is 27.2. The molecule has 0 saturated carbocycles. The number of Topliss-reactive ketones (excluding diaryl/α,β-unsaturated/α-hetero) is 2. The van der Waals surface area contributed by atoms with Gasteiger partial charge in [-0.3, -0.25) is 54.8 Å². The SMILES string of the molecule is COc1ccc(/C=C(/OC2CCCCO2)c2cc(OC)c(OC)c(OC)c2)cc1[N+](=O)[O-].COc1ccc(C(=CN(C)C)C(=O)c2cc(OC)c(OC)c(OC)c2)cc1[N+](=O)[O-].COc1ccc(C=O)cc1[N+](=O)[O-].COc1ccc(CC(=O)c2cc(OC)c(OC)c(OC)c2)cc1[N+](=O)[O-]. The number of ketones is 2. The van der Waals surface area contributed by atoms with Crippen molar-refractivity contribution in [2.24, 2.45) is 0 Å². The van der Waals surface area contributed by atoms with Crippen molar-refractivity contribution in [3.8, 4) is 74.7 Å². The lowest BCUT2D eigenvalue weighted by Gasteiger charge is -2.25. The smallest absolute Gasteiger partial charge is 0.311 e. The van der Waals surface area contributed by atoms with Crippen LogP contribution in [-0.2, 0) is 15.9 Å². The summed E-state index contributed by atoms with van der Waals surface area (Å²) in [6.45, 7) is 0.612. The van der Waals surface area contributed by atoms with Gasteiger partial charge in [0.25, 0.3) is 0 Å². The van der Waals surface area contributed by atoms with Gasteiger partial charge in [0.05, 0.1) is 119 Å². The first kappa shape index (κ1) is 79.3. The lowest BCUT2D eigenvalue weighted by Crippen LogP contribution is -2.21. The van der Waals surface area contributed by atoms with Gasteiger partial charge < -0.3 is 76.0 Å². The van der Waals surface area contributed by atoms with Crippen LogP contribution in [0.2, 0.25) is 0 Å². The van der Waals surface area contributed by atoms with E-state index < -0.39 is 26.0 Å². The van der Waals surface area contributed by atoms with E-state index in [1.807, 2.05) is 0 Å². The maximum Gasteiger partial charge on any atom is 0.311 e. The van der Waals surface area contributed by atoms with Gasteiger partial charge in [-0.1, -0.05) is 12.1 Å². The third-order valence-corrected chi connectivity index (χ3v) is 14.6. The third-order valence-electron chi connectivity index (χ3n) is 14.6. The van der Waals surface area contributed by atoms with Gasteiger partial charge in [0.15, 0.2) is 75.4 Å². The summed E-state index contributed by atoms with van der Waals surface area (Å²) >= 11 is 0. The summed E-state index contributed by atoms with van der Waals surface area (Å²) in [6.07, 6.45) is 6.11. The number of allylic oxidation sites excluding steroid dienone is 1. The zero-order valence-electron chi connectivity index (χ0n) is 58.1. The highest BCUT2D eigenvalue weighted by atomic mass is 16.7. The van der Waals surface area contributed by atoms with E-state index in [1.165, 1.54) is 153 Å². The highest BCUT2D eigenvalue weighted by molar-refractivity contribution is 6.29. The van der Waals surface area contributed by atoms with Crippen molar-refractivity contribution < 1.29 is 105 Å². The topological polar surface area (TPSA) is 365 Å². The molecule has 1 unspecified atom stereocenters. The van der Waals surface area contributed by atoms with Gasteiger partial charge in [0.1, 0.15) is 12.0 Å². The molecule has 0 N–H and O–H groups in total. The number of hydrogen-bond acceptors (Lipinski definition) is 27. The van der Waals surface area contributed by atoms with Crippen molar-refractivity contribution in [2.45, 2.75) is 32.0 Å². The number of nitro groups is 4. The molecule has 1 heterocycles. The Labute approximate surface area is 580 Å². The molecule has 0 spiro atoms. The molecule has 7 aromatic carbocycles. The molecular formula is C70H77N5O26. The molecule has 31 nitrogen and oxygen atoms in total. The standard InChI is InChI=1S/C23H27NO8.C21H24N2O7.C18H19NO7.C8H7NO4/c1-27-18-9-8-15(11-17(18)24(25)26)12-19(32-22-7-5-6-10-31-22)16-13-20(28-2)23(30-4)21(14-16)29-3;1-22(2)12-15(13-7-8-17(27-3)16(9-13)23(25)26)20(24)14-10-18(28-4)21(30-6)19(11-14)29-5;1-23-15-6-5-11(7-13(15)19(21)22)8-14(20)12-9-16(24-2)18(26-4)17(10-12)25-3;1-13-8-3-2-6(5-10)4-7(8)9(11)12/h8-9,11-14,22H,5-7,10H2,1-4H3;7-12H,1-6H3;5-7,9-10H,8H2,1-4H3;2-5H,1H3/b19-12+;;;. The second kappa shape index (κ2) is 38.5. The van der Waals surface area contributed by atoms with Crippen LogP contribution in [0.25, 0.3) is 17.4 Å². The summed E-state index contributed by atoms with van der Waals surface area (Å²) < 4.78 is 79.8. The molecule has 8 rings (SSSR count). The van der Waals surface area contributed by atoms with E-state index in [0.717, 1.165) is 19.3 Å². The van der Waals surface area contributed by atoms with E-state index in [2.05, 4.69) is 0 Å². The first-order valence-corrected chi connectivity index (χ1v) is 30.0. The van der Waals surface area contributed by atoms with E-state index >= 15 is 0 Å². The highest BCUT2D eigenvalue weighted by Gasteiger charge is 2.27. The molecule has 1 aliphatic heterocycles. The summed E-state index contributed by atoms with van der Waals surface area (Å²) in [5.74, 6) is 3.88. The number of nitrogens with zero attached hydrogens (tertiary/aromatic N) is 5. The maximum atomic E-state index is 13.4. The van der Waals surface area contributed by atoms with Crippen LogP contribution >= 0.6 is 0 Å². The second-order valence-electron chi connectivity index (χ2n) is 21.0. The van der Waals surface area contributed by atoms with Crippen LogP contribution in [0.3, 0.4) is 0 Å². The van der Waals surface area contributed by atoms with E-state index in [1.54, 1.807) is 79.8 Å². The van der Waals surface area contributed by atoms with Crippen molar-refractivity contribution >= 4 is 58.0 Å². The lowest BCUT2D eigenvalue weighted by atomic mass is 9.96. The van der Waals surface area contributed by atoms with Crippen LogP contribution in [0.15, 0.2) is 115 Å². The minimum absolute atomic E-state index is 0.0243. The average molecular weight is 1400 g/mol. The van der Waals surface area contributed by atoms with Crippen LogP contribution in [0.4, 0.5) is 22.7 Å². The fourth-order valence-corrected chi connectivity index (χ4v) is 9.78. The summed E-state index contributed by atoms with van der Waals surface area (Å²) in [5.41, 5.74) is 2.43. The normalized spacial score (nSPS) is 12.2. The van der Waals surface area contributed by atoms with Crippen LogP contribution in [0.5, 0.6) is 74.7 Å². The lowest BCUT2D eigenvalue weighted by molar-refractivity contribution is -0.385. The zero-order valence-corrected chi connectivity index (χ0v) is 58.1. The summed E-state index contributed by atoms with van der Waals surface area (Å²) in [7, 11) is 22.3. The van der Waals surface area contributed by atoms with Gasteiger partial charge in [-0.25, -0.2) is 0 Å². The molecule has 0 amide bonds. The van der Waals surface area contributed by atoms with E-state index in [0.29, 0.717) is 98.2 Å². The largest absolute Gasteiger partial charge is 0.493 e. The maximum absolute atomic E-state index is 13.4. The number of aldehydes is 1. The van der Waals surface area contributed by atoms with Crippen LogP contribution < -0.4 is 61.6 Å². The van der Waals surface area contributed by atoms with Gasteiger partial charge >= 0.3 is 22.7 Å². The quantitative estimate of drug-likeness (QED) is 0.00799. The average Bonchev–Trinajstić information content (AvgIpc) is 0.814. The van der Waals surface area contributed by atoms with Gasteiger partial charge in [-0.05, 0) is 108 Å². The Bertz CT molecular complexity index is 4090. The molecule has 1 saturated heterocycles. The number of rotatable bonds is 29. The van der Waals surface area contributed by atoms with Crippen molar-refractivity contribution in [1.82, 2.24) is 4.90 Å². The minimum atomic E-state index is -0.591. The molecular weight excluding hydrogens is 1330 g/mol. The molecule has 31 heteroatoms. The fraction of sp³-hybridized carbons (Fsp3) is 0.300. The van der Waals surface area contributed by atoms with E-state index in [4.69, 9.17) is 71.1 Å². The molecule has 0 bridgehead atoms. The number of ether oxygens (including phenoxy) is 15. The Morgan fingerprint density at radius 2 is 0.822 bits per heavy atom. The molecule has 7 aromatic rings. The number of benzene rings is 7. The Morgan fingerprint density at radius 1 is 0.446 bits per heavy atom. The first-order chi connectivity index (χ1) is 48.4. The summed E-state index contributed by atoms with van der Waals surface area (Å²) in [4.78, 5) is 80.3. The molecule has 0 aliphatic carbocycles. The minimum Gasteiger partial charge on any atom is -0.493 e. The monoisotopic (exact) mass is 1400 g/mol. The Hall–Kier alpha value is -12.4. The second-order valence-corrected chi connectivity index (χ2v) is 21.0. The van der Waals surface area contributed by atoms with Crippen molar-refractivity contribution in [2.75, 3.05) is 113 Å². The highest BCUT2D eigenvalue weighted by Crippen LogP contribution is 2.44. The predicted molar refractivity (Wildman–Crippen MR) is 369 cm³/mol. The van der Waals surface area contributed by atoms with E-state index in [-0.39, 0.29) is 80.4 Å². The number of nitro benzene ring substituents is 4. The Balaban J connectivity index is 0.000000251. The van der Waals surface area contributed by atoms with Crippen LogP contribution in [-0.4, -0.2) is 162 Å². The molecule has 0 radical (unpaired) electrons. The van der Waals surface area contributed by atoms with Gasteiger partial charge in [-0.15, -0.1) is 0 Å². The molecule has 538 valence electrons. The first-order valence-electron chi connectivity index (χ1n) is 30.0. The third kappa shape index (κ3) is 20.8. The van der Waals surface area contributed by atoms with Gasteiger partial charge in [-0.2, -0.15) is 0 Å². The zero-order chi connectivity index (χ0) is 74.6. The van der Waals surface area contributed by atoms with Crippen molar-refractivity contribution in [3.05, 3.63) is 195 Å². The van der Waals surface area contributed by atoms with Crippen molar-refractivity contribution in [3.63, 3.8) is 0 Å². The molecule has 101 heavy (non-hydrogen) atoms. The summed E-state index contributed by atoms with van der Waals surface area (Å²) in [5, 5.41) is 44.4. The Morgan fingerprint density at radius 3 is 1.21 bits per heavy atom.